The van der Waals surface area contributed by atoms with Gasteiger partial charge in [-0.25, -0.2) is 0 Å². The first kappa shape index (κ1) is 16.1. The van der Waals surface area contributed by atoms with E-state index in [1.165, 1.54) is 22.2 Å². The maximum absolute atomic E-state index is 12.5. The molecule has 0 aliphatic carbocycles. The Balaban J connectivity index is 1.67. The van der Waals surface area contributed by atoms with Gasteiger partial charge in [0.1, 0.15) is 0 Å². The third kappa shape index (κ3) is 3.29. The van der Waals surface area contributed by atoms with E-state index in [1.54, 1.807) is 0 Å². The van der Waals surface area contributed by atoms with E-state index in [4.69, 9.17) is 0 Å². The molecule has 2 aromatic rings. The van der Waals surface area contributed by atoms with Gasteiger partial charge in [-0.15, -0.1) is 0 Å². The standard InChI is InChI=1S/C20H28N2O/c1-4-15(5-2)20(23)22-10-8-16(9-11-22)19-13-17-12-14(3)6-7-18(17)21-19/h6-7,12-13,15-16,21H,4-5,8-11H2,1-3H3. The molecule has 0 spiro atoms. The van der Waals surface area contributed by atoms with Crippen LogP contribution in [0.4, 0.5) is 0 Å². The number of aromatic amines is 1. The first-order valence-corrected chi connectivity index (χ1v) is 9.00. The molecule has 3 rings (SSSR count). The number of carbonyl (C=O) groups is 1. The Labute approximate surface area is 139 Å². The van der Waals surface area contributed by atoms with Crippen molar-refractivity contribution in [3.8, 4) is 0 Å². The molecule has 3 heteroatoms. The summed E-state index contributed by atoms with van der Waals surface area (Å²) in [7, 11) is 0. The maximum atomic E-state index is 12.5. The van der Waals surface area contributed by atoms with E-state index in [0.29, 0.717) is 11.8 Å². The van der Waals surface area contributed by atoms with Gasteiger partial charge in [0.15, 0.2) is 0 Å². The smallest absolute Gasteiger partial charge is 0.225 e. The van der Waals surface area contributed by atoms with Gasteiger partial charge < -0.3 is 9.88 Å². The summed E-state index contributed by atoms with van der Waals surface area (Å²) < 4.78 is 0. The van der Waals surface area contributed by atoms with E-state index in [-0.39, 0.29) is 5.92 Å². The van der Waals surface area contributed by atoms with Crippen molar-refractivity contribution in [1.29, 1.82) is 0 Å². The lowest BCUT2D eigenvalue weighted by Crippen LogP contribution is -2.41. The number of fused-ring (bicyclic) bond motifs is 1. The molecule has 1 saturated heterocycles. The summed E-state index contributed by atoms with van der Waals surface area (Å²) in [6.45, 7) is 8.16. The molecule has 1 aromatic carbocycles. The Morgan fingerprint density at radius 1 is 1.22 bits per heavy atom. The molecule has 0 atom stereocenters. The van der Waals surface area contributed by atoms with Crippen LogP contribution >= 0.6 is 0 Å². The number of H-pyrrole nitrogens is 1. The van der Waals surface area contributed by atoms with E-state index in [1.807, 2.05) is 0 Å². The second-order valence-corrected chi connectivity index (χ2v) is 6.93. The van der Waals surface area contributed by atoms with Crippen LogP contribution in [0.1, 0.15) is 56.7 Å². The molecule has 1 aliphatic heterocycles. The zero-order chi connectivity index (χ0) is 16.4. The molecule has 3 nitrogen and oxygen atoms in total. The molecule has 1 fully saturated rings. The van der Waals surface area contributed by atoms with E-state index in [2.05, 4.69) is 54.9 Å². The van der Waals surface area contributed by atoms with Gasteiger partial charge in [0.2, 0.25) is 5.91 Å². The molecule has 2 heterocycles. The lowest BCUT2D eigenvalue weighted by atomic mass is 9.92. The van der Waals surface area contributed by atoms with Crippen molar-refractivity contribution in [2.24, 2.45) is 5.92 Å². The van der Waals surface area contributed by atoms with Crippen molar-refractivity contribution in [2.75, 3.05) is 13.1 Å². The average molecular weight is 312 g/mol. The van der Waals surface area contributed by atoms with Gasteiger partial charge in [0, 0.05) is 36.1 Å². The first-order valence-electron chi connectivity index (χ1n) is 9.00. The van der Waals surface area contributed by atoms with Crippen molar-refractivity contribution < 1.29 is 4.79 Å². The van der Waals surface area contributed by atoms with Gasteiger partial charge in [-0.05, 0) is 56.2 Å². The number of piperidine rings is 1. The van der Waals surface area contributed by atoms with E-state index < -0.39 is 0 Å². The molecule has 124 valence electrons. The highest BCUT2D eigenvalue weighted by molar-refractivity contribution is 5.81. The van der Waals surface area contributed by atoms with Crippen LogP contribution in [0.2, 0.25) is 0 Å². The summed E-state index contributed by atoms with van der Waals surface area (Å²) >= 11 is 0. The predicted molar refractivity (Wildman–Crippen MR) is 95.7 cm³/mol. The first-order chi connectivity index (χ1) is 11.1. The van der Waals surface area contributed by atoms with Crippen molar-refractivity contribution in [3.05, 3.63) is 35.5 Å². The average Bonchev–Trinajstić information content (AvgIpc) is 2.99. The summed E-state index contributed by atoms with van der Waals surface area (Å²) in [5, 5.41) is 1.30. The van der Waals surface area contributed by atoms with E-state index in [0.717, 1.165) is 38.8 Å². The lowest BCUT2D eigenvalue weighted by Gasteiger charge is -2.33. The van der Waals surface area contributed by atoms with Gasteiger partial charge in [0.25, 0.3) is 0 Å². The molecule has 1 aromatic heterocycles. The summed E-state index contributed by atoms with van der Waals surface area (Å²) in [6.07, 6.45) is 4.04. The van der Waals surface area contributed by atoms with Crippen LogP contribution in [0, 0.1) is 12.8 Å². The third-order valence-corrected chi connectivity index (χ3v) is 5.38. The minimum absolute atomic E-state index is 0.211. The molecular formula is C20H28N2O. The number of hydrogen-bond donors (Lipinski definition) is 1. The number of hydrogen-bond acceptors (Lipinski definition) is 1. The lowest BCUT2D eigenvalue weighted by molar-refractivity contribution is -0.136. The molecule has 0 radical (unpaired) electrons. The van der Waals surface area contributed by atoms with Gasteiger partial charge >= 0.3 is 0 Å². The second-order valence-electron chi connectivity index (χ2n) is 6.93. The van der Waals surface area contributed by atoms with Gasteiger partial charge in [-0.1, -0.05) is 25.5 Å². The topological polar surface area (TPSA) is 36.1 Å². The molecular weight excluding hydrogens is 284 g/mol. The molecule has 1 aliphatic rings. The van der Waals surface area contributed by atoms with E-state index in [9.17, 15) is 4.79 Å². The highest BCUT2D eigenvalue weighted by atomic mass is 16.2. The highest BCUT2D eigenvalue weighted by Crippen LogP contribution is 2.31. The Morgan fingerprint density at radius 3 is 2.57 bits per heavy atom. The number of rotatable bonds is 4. The minimum atomic E-state index is 0.211. The molecule has 0 bridgehead atoms. The summed E-state index contributed by atoms with van der Waals surface area (Å²) in [5.41, 5.74) is 3.86. The Bertz CT molecular complexity index is 676. The Morgan fingerprint density at radius 2 is 1.91 bits per heavy atom. The van der Waals surface area contributed by atoms with Crippen LogP contribution in [0.5, 0.6) is 0 Å². The monoisotopic (exact) mass is 312 g/mol. The SMILES string of the molecule is CCC(CC)C(=O)N1CCC(c2cc3cc(C)ccc3[nH]2)CC1. The summed E-state index contributed by atoms with van der Waals surface area (Å²) in [6, 6.07) is 8.85. The summed E-state index contributed by atoms with van der Waals surface area (Å²) in [4.78, 5) is 18.2. The maximum Gasteiger partial charge on any atom is 0.225 e. The van der Waals surface area contributed by atoms with Crippen molar-refractivity contribution in [2.45, 2.75) is 52.4 Å². The van der Waals surface area contributed by atoms with Crippen LogP contribution in [-0.2, 0) is 4.79 Å². The fraction of sp³-hybridized carbons (Fsp3) is 0.550. The van der Waals surface area contributed by atoms with Crippen LogP contribution in [0.3, 0.4) is 0 Å². The van der Waals surface area contributed by atoms with E-state index >= 15 is 0 Å². The number of aryl methyl sites for hydroxylation is 1. The fourth-order valence-electron chi connectivity index (χ4n) is 3.80. The van der Waals surface area contributed by atoms with Gasteiger partial charge in [-0.2, -0.15) is 0 Å². The van der Waals surface area contributed by atoms with Crippen LogP contribution in [0.15, 0.2) is 24.3 Å². The normalized spacial score (nSPS) is 16.4. The quantitative estimate of drug-likeness (QED) is 0.878. The molecule has 1 amide bonds. The number of carbonyl (C=O) groups excluding carboxylic acids is 1. The number of likely N-dealkylation sites (tertiary alicyclic amines) is 1. The van der Waals surface area contributed by atoms with Crippen LogP contribution in [0.25, 0.3) is 10.9 Å². The number of aromatic nitrogens is 1. The number of nitrogens with zero attached hydrogens (tertiary/aromatic N) is 1. The summed E-state index contributed by atoms with van der Waals surface area (Å²) in [5.74, 6) is 1.12. The fourth-order valence-corrected chi connectivity index (χ4v) is 3.80. The predicted octanol–water partition coefficient (Wildman–Crippen LogP) is 4.62. The molecule has 0 saturated carbocycles. The third-order valence-electron chi connectivity index (χ3n) is 5.38. The number of amides is 1. The Kier molecular flexibility index (Phi) is 4.74. The molecule has 1 N–H and O–H groups in total. The highest BCUT2D eigenvalue weighted by Gasteiger charge is 2.27. The zero-order valence-corrected chi connectivity index (χ0v) is 14.6. The minimum Gasteiger partial charge on any atom is -0.358 e. The van der Waals surface area contributed by atoms with Crippen LogP contribution in [-0.4, -0.2) is 28.9 Å². The number of benzene rings is 1. The number of nitrogens with one attached hydrogen (secondary N) is 1. The van der Waals surface area contributed by atoms with Crippen molar-refractivity contribution >= 4 is 16.8 Å². The van der Waals surface area contributed by atoms with Crippen LogP contribution < -0.4 is 0 Å². The molecule has 0 unspecified atom stereocenters. The van der Waals surface area contributed by atoms with Gasteiger partial charge in [-0.3, -0.25) is 4.79 Å². The van der Waals surface area contributed by atoms with Crippen molar-refractivity contribution in [3.63, 3.8) is 0 Å². The largest absolute Gasteiger partial charge is 0.358 e. The zero-order valence-electron chi connectivity index (χ0n) is 14.6. The van der Waals surface area contributed by atoms with Gasteiger partial charge in [0.05, 0.1) is 0 Å². The Hall–Kier alpha value is -1.77. The molecule has 23 heavy (non-hydrogen) atoms. The second kappa shape index (κ2) is 6.77. The van der Waals surface area contributed by atoms with Crippen molar-refractivity contribution in [1.82, 2.24) is 9.88 Å².